The van der Waals surface area contributed by atoms with Gasteiger partial charge in [0.25, 0.3) is 0 Å². The van der Waals surface area contributed by atoms with Crippen molar-refractivity contribution in [2.75, 3.05) is 6.61 Å². The van der Waals surface area contributed by atoms with Gasteiger partial charge in [-0.1, -0.05) is 192 Å². The Labute approximate surface area is 369 Å². The van der Waals surface area contributed by atoms with Crippen molar-refractivity contribution in [3.63, 3.8) is 0 Å². The Morgan fingerprint density at radius 1 is 0.574 bits per heavy atom. The fourth-order valence-electron chi connectivity index (χ4n) is 7.79. The molecule has 1 fully saturated rings. The standard InChI is InChI=1S/C47H90NO12P/c1-3-5-7-9-11-13-15-17-18-19-20-21-23-24-26-28-30-32-34-38(49)36-41(51)48-39(40(50)35-33-31-29-27-25-22-16-14-12-10-8-6-4-2)37-59-61(57,58)60-47-45(55)43(53)42(52)44(54)46(47)56/h25,27,33,35,38-40,42-47,49-50,52-56H,3-24,26,28-32,34,36-37H2,1-2H3,(H,48,51)(H,57,58)/b27-25+,35-33+. The highest BCUT2D eigenvalue weighted by Gasteiger charge is 2.51. The van der Waals surface area contributed by atoms with Crippen molar-refractivity contribution >= 4 is 13.7 Å². The number of rotatable bonds is 40. The van der Waals surface area contributed by atoms with E-state index < -0.39 is 75.2 Å². The molecule has 14 heteroatoms. The molecular weight excluding hydrogens is 801 g/mol. The lowest BCUT2D eigenvalue weighted by atomic mass is 9.85. The van der Waals surface area contributed by atoms with Crippen LogP contribution in [0.1, 0.15) is 206 Å². The third kappa shape index (κ3) is 29.0. The monoisotopic (exact) mass is 892 g/mol. The summed E-state index contributed by atoms with van der Waals surface area (Å²) in [5, 5.41) is 74.4. The number of nitrogens with one attached hydrogen (secondary N) is 1. The third-order valence-corrected chi connectivity index (χ3v) is 12.8. The second kappa shape index (κ2) is 37.0. The molecule has 0 aromatic rings. The van der Waals surface area contributed by atoms with Gasteiger partial charge in [-0.2, -0.15) is 0 Å². The van der Waals surface area contributed by atoms with Crippen LogP contribution in [0, 0.1) is 0 Å². The van der Waals surface area contributed by atoms with Gasteiger partial charge in [-0.15, -0.1) is 0 Å². The Hall–Kier alpha value is -1.22. The van der Waals surface area contributed by atoms with Crippen LogP contribution < -0.4 is 5.32 Å². The van der Waals surface area contributed by atoms with E-state index in [9.17, 15) is 50.0 Å². The van der Waals surface area contributed by atoms with E-state index in [1.807, 2.05) is 0 Å². The molecule has 0 aromatic carbocycles. The van der Waals surface area contributed by atoms with Crippen LogP contribution in [0.2, 0.25) is 0 Å². The molecule has 1 amide bonds. The number of phosphoric acid groups is 1. The second-order valence-corrected chi connectivity index (χ2v) is 18.9. The molecule has 0 heterocycles. The summed E-state index contributed by atoms with van der Waals surface area (Å²) in [6.45, 7) is 3.72. The van der Waals surface area contributed by atoms with Gasteiger partial charge in [0.1, 0.15) is 36.6 Å². The Balaban J connectivity index is 2.50. The maximum absolute atomic E-state index is 13.0. The maximum atomic E-state index is 13.0. The number of carbonyl (C=O) groups is 1. The van der Waals surface area contributed by atoms with E-state index >= 15 is 0 Å². The van der Waals surface area contributed by atoms with Gasteiger partial charge in [-0.05, 0) is 32.1 Å². The SMILES string of the molecule is CCCCCCCCC/C=C/CC/C=C/C(O)C(COP(=O)(O)OC1C(O)C(O)C(O)C(O)C1O)NC(=O)CC(O)CCCCCCCCCCCCCCCCCCCC. The predicted molar refractivity (Wildman–Crippen MR) is 243 cm³/mol. The molecule has 8 unspecified atom stereocenters. The van der Waals surface area contributed by atoms with Crippen molar-refractivity contribution in [1.82, 2.24) is 5.32 Å². The van der Waals surface area contributed by atoms with Crippen molar-refractivity contribution in [3.05, 3.63) is 24.3 Å². The number of hydrogen-bond donors (Lipinski definition) is 9. The van der Waals surface area contributed by atoms with Crippen LogP contribution in [0.25, 0.3) is 0 Å². The molecule has 1 saturated carbocycles. The lowest BCUT2D eigenvalue weighted by Crippen LogP contribution is -2.64. The quantitative estimate of drug-likeness (QED) is 0.0161. The number of aliphatic hydroxyl groups excluding tert-OH is 7. The van der Waals surface area contributed by atoms with Gasteiger partial charge in [0.2, 0.25) is 5.91 Å². The summed E-state index contributed by atoms with van der Waals surface area (Å²) in [5.74, 6) is -0.601. The highest BCUT2D eigenvalue weighted by molar-refractivity contribution is 7.47. The summed E-state index contributed by atoms with van der Waals surface area (Å²) in [6, 6.07) is -1.25. The smallest absolute Gasteiger partial charge is 0.393 e. The number of allylic oxidation sites excluding steroid dienone is 3. The lowest BCUT2D eigenvalue weighted by molar-refractivity contribution is -0.220. The second-order valence-electron chi connectivity index (χ2n) is 17.5. The molecule has 360 valence electrons. The summed E-state index contributed by atoms with van der Waals surface area (Å²) in [4.78, 5) is 23.4. The molecule has 0 aliphatic heterocycles. The van der Waals surface area contributed by atoms with Gasteiger partial charge >= 0.3 is 7.82 Å². The molecule has 0 spiro atoms. The van der Waals surface area contributed by atoms with Gasteiger partial charge in [0, 0.05) is 0 Å². The summed E-state index contributed by atoms with van der Waals surface area (Å²) < 4.78 is 22.9. The van der Waals surface area contributed by atoms with E-state index in [2.05, 4.69) is 31.3 Å². The van der Waals surface area contributed by atoms with Gasteiger partial charge in [-0.25, -0.2) is 4.57 Å². The zero-order valence-corrected chi connectivity index (χ0v) is 39.0. The largest absolute Gasteiger partial charge is 0.472 e. The van der Waals surface area contributed by atoms with Gasteiger partial charge < -0.3 is 46.0 Å². The average molecular weight is 892 g/mol. The van der Waals surface area contributed by atoms with Gasteiger partial charge in [-0.3, -0.25) is 13.8 Å². The fourth-order valence-corrected chi connectivity index (χ4v) is 8.75. The molecule has 1 aliphatic rings. The molecule has 61 heavy (non-hydrogen) atoms. The number of hydrogen-bond acceptors (Lipinski definition) is 11. The van der Waals surface area contributed by atoms with Crippen molar-refractivity contribution in [1.29, 1.82) is 0 Å². The average Bonchev–Trinajstić information content (AvgIpc) is 3.23. The number of aliphatic hydroxyl groups is 7. The van der Waals surface area contributed by atoms with Gasteiger partial charge in [0.15, 0.2) is 0 Å². The summed E-state index contributed by atoms with van der Waals surface area (Å²) >= 11 is 0. The Bertz CT molecular complexity index is 1140. The van der Waals surface area contributed by atoms with Crippen LogP contribution in [0.3, 0.4) is 0 Å². The zero-order chi connectivity index (χ0) is 45.1. The number of phosphoric ester groups is 1. The number of unbranched alkanes of at least 4 members (excludes halogenated alkanes) is 25. The zero-order valence-electron chi connectivity index (χ0n) is 38.1. The lowest BCUT2D eigenvalue weighted by Gasteiger charge is -2.41. The molecule has 8 atom stereocenters. The van der Waals surface area contributed by atoms with Crippen LogP contribution in [0.4, 0.5) is 0 Å². The third-order valence-electron chi connectivity index (χ3n) is 11.8. The summed E-state index contributed by atoms with van der Waals surface area (Å²) in [5.41, 5.74) is 0. The fraction of sp³-hybridized carbons (Fsp3) is 0.894. The maximum Gasteiger partial charge on any atom is 0.472 e. The highest BCUT2D eigenvalue weighted by Crippen LogP contribution is 2.47. The van der Waals surface area contributed by atoms with E-state index in [4.69, 9.17) is 9.05 Å². The first kappa shape index (κ1) is 57.8. The van der Waals surface area contributed by atoms with Crippen molar-refractivity contribution in [2.24, 2.45) is 0 Å². The predicted octanol–water partition coefficient (Wildman–Crippen LogP) is 8.37. The Morgan fingerprint density at radius 3 is 1.44 bits per heavy atom. The molecule has 0 radical (unpaired) electrons. The number of carbonyl (C=O) groups excluding carboxylic acids is 1. The molecule has 9 N–H and O–H groups in total. The highest BCUT2D eigenvalue weighted by atomic mass is 31.2. The van der Waals surface area contributed by atoms with E-state index in [0.29, 0.717) is 12.8 Å². The van der Waals surface area contributed by atoms with Crippen LogP contribution in [0.5, 0.6) is 0 Å². The van der Waals surface area contributed by atoms with E-state index in [1.165, 1.54) is 134 Å². The first-order valence-corrected chi connectivity index (χ1v) is 25.9. The minimum absolute atomic E-state index is 0.249. The molecule has 0 saturated heterocycles. The van der Waals surface area contributed by atoms with Crippen molar-refractivity contribution in [2.45, 2.75) is 261 Å². The van der Waals surface area contributed by atoms with E-state index in [-0.39, 0.29) is 6.42 Å². The molecule has 13 nitrogen and oxygen atoms in total. The first-order chi connectivity index (χ1) is 29.3. The Morgan fingerprint density at radius 2 is 0.967 bits per heavy atom. The number of amides is 1. The van der Waals surface area contributed by atoms with Crippen LogP contribution >= 0.6 is 7.82 Å². The topological polar surface area (TPSA) is 226 Å². The normalized spacial score (nSPS) is 23.4. The van der Waals surface area contributed by atoms with Crippen LogP contribution in [-0.2, 0) is 18.4 Å². The van der Waals surface area contributed by atoms with Crippen LogP contribution in [0.15, 0.2) is 24.3 Å². The van der Waals surface area contributed by atoms with Crippen molar-refractivity contribution < 1.29 is 59.0 Å². The van der Waals surface area contributed by atoms with Gasteiger partial charge in [0.05, 0.1) is 31.3 Å². The summed E-state index contributed by atoms with van der Waals surface area (Å²) in [6.07, 6.45) is 27.0. The van der Waals surface area contributed by atoms with E-state index in [1.54, 1.807) is 6.08 Å². The minimum Gasteiger partial charge on any atom is -0.393 e. The molecular formula is C47H90NO12P. The first-order valence-electron chi connectivity index (χ1n) is 24.4. The molecule has 1 rings (SSSR count). The summed E-state index contributed by atoms with van der Waals surface area (Å²) in [7, 11) is -5.15. The minimum atomic E-state index is -5.15. The Kier molecular flexibility index (Phi) is 35.1. The van der Waals surface area contributed by atoms with E-state index in [0.717, 1.165) is 44.9 Å². The molecule has 1 aliphatic carbocycles. The molecule has 0 aromatic heterocycles. The molecule has 0 bridgehead atoms. The van der Waals surface area contributed by atoms with Crippen LogP contribution in [-0.4, -0.2) is 108 Å². The van der Waals surface area contributed by atoms with Crippen molar-refractivity contribution in [3.8, 4) is 0 Å².